The van der Waals surface area contributed by atoms with Crippen molar-refractivity contribution < 1.29 is 19.1 Å². The van der Waals surface area contributed by atoms with Crippen molar-refractivity contribution >= 4 is 22.6 Å². The van der Waals surface area contributed by atoms with Gasteiger partial charge >= 0.3 is 0 Å². The van der Waals surface area contributed by atoms with Crippen LogP contribution in [0.5, 0.6) is 5.75 Å². The number of fused-ring (bicyclic) bond motifs is 1. The molecule has 0 atom stereocenters. The second kappa shape index (κ2) is 6.61. The van der Waals surface area contributed by atoms with Crippen LogP contribution in [0.4, 0.5) is 5.69 Å². The van der Waals surface area contributed by atoms with Crippen molar-refractivity contribution in [1.82, 2.24) is 0 Å². The number of amides is 1. The molecule has 0 aliphatic carbocycles. The summed E-state index contributed by atoms with van der Waals surface area (Å²) in [5, 5.41) is 13.2. The highest BCUT2D eigenvalue weighted by Gasteiger charge is 2.20. The molecular formula is C20H21NO4. The van der Waals surface area contributed by atoms with Crippen LogP contribution in [0.3, 0.4) is 0 Å². The van der Waals surface area contributed by atoms with Gasteiger partial charge in [-0.15, -0.1) is 0 Å². The number of methoxy groups -OCH3 is 1. The monoisotopic (exact) mass is 339 g/mol. The molecule has 1 amide bonds. The molecule has 0 aliphatic rings. The molecule has 2 aromatic carbocycles. The van der Waals surface area contributed by atoms with Crippen LogP contribution in [0.15, 0.2) is 34.7 Å². The van der Waals surface area contributed by atoms with Gasteiger partial charge in [-0.25, -0.2) is 0 Å². The second-order valence-electron chi connectivity index (χ2n) is 6.10. The Labute approximate surface area is 146 Å². The summed E-state index contributed by atoms with van der Waals surface area (Å²) in [5.41, 5.74) is 4.82. The van der Waals surface area contributed by atoms with Gasteiger partial charge in [0.2, 0.25) is 0 Å². The van der Waals surface area contributed by atoms with E-state index in [0.29, 0.717) is 22.8 Å². The van der Waals surface area contributed by atoms with Crippen LogP contribution in [0, 0.1) is 20.8 Å². The summed E-state index contributed by atoms with van der Waals surface area (Å²) in [6.07, 6.45) is 0. The van der Waals surface area contributed by atoms with Crippen LogP contribution in [-0.4, -0.2) is 18.1 Å². The molecule has 25 heavy (non-hydrogen) atoms. The molecule has 1 heterocycles. The lowest BCUT2D eigenvalue weighted by molar-refractivity contribution is 0.0998. The average Bonchev–Trinajstić information content (AvgIpc) is 2.97. The molecule has 5 nitrogen and oxygen atoms in total. The molecule has 0 fully saturated rings. The fourth-order valence-electron chi connectivity index (χ4n) is 3.06. The zero-order valence-corrected chi connectivity index (χ0v) is 14.8. The summed E-state index contributed by atoms with van der Waals surface area (Å²) in [6, 6.07) is 9.13. The SMILES string of the molecule is COc1ccc(NC(=O)c2oc3c(C)ccc(C)c3c2C)cc1CO. The quantitative estimate of drug-likeness (QED) is 0.750. The highest BCUT2D eigenvalue weighted by Crippen LogP contribution is 2.31. The number of benzene rings is 2. The van der Waals surface area contributed by atoms with Crippen molar-refractivity contribution in [3.8, 4) is 5.75 Å². The van der Waals surface area contributed by atoms with Gasteiger partial charge < -0.3 is 19.6 Å². The Bertz CT molecular complexity index is 956. The Morgan fingerprint density at radius 2 is 1.88 bits per heavy atom. The first-order valence-corrected chi connectivity index (χ1v) is 8.04. The number of nitrogens with one attached hydrogen (secondary N) is 1. The van der Waals surface area contributed by atoms with Gasteiger partial charge in [-0.2, -0.15) is 0 Å². The highest BCUT2D eigenvalue weighted by molar-refractivity contribution is 6.07. The Morgan fingerprint density at radius 3 is 2.52 bits per heavy atom. The first-order valence-electron chi connectivity index (χ1n) is 8.04. The summed E-state index contributed by atoms with van der Waals surface area (Å²) in [6.45, 7) is 5.68. The molecule has 3 rings (SSSR count). The smallest absolute Gasteiger partial charge is 0.291 e. The van der Waals surface area contributed by atoms with Gasteiger partial charge in [-0.05, 0) is 50.1 Å². The van der Waals surface area contributed by atoms with Crippen molar-refractivity contribution in [2.24, 2.45) is 0 Å². The summed E-state index contributed by atoms with van der Waals surface area (Å²) in [7, 11) is 1.54. The van der Waals surface area contributed by atoms with E-state index in [-0.39, 0.29) is 12.5 Å². The molecular weight excluding hydrogens is 318 g/mol. The minimum absolute atomic E-state index is 0.172. The number of ether oxygens (including phenoxy) is 1. The highest BCUT2D eigenvalue weighted by atomic mass is 16.5. The van der Waals surface area contributed by atoms with Crippen LogP contribution in [0.2, 0.25) is 0 Å². The molecule has 0 radical (unpaired) electrons. The maximum atomic E-state index is 12.7. The summed E-state index contributed by atoms with van der Waals surface area (Å²) >= 11 is 0. The van der Waals surface area contributed by atoms with Crippen molar-refractivity contribution in [2.45, 2.75) is 27.4 Å². The Balaban J connectivity index is 1.97. The zero-order valence-electron chi connectivity index (χ0n) is 14.8. The Hall–Kier alpha value is -2.79. The predicted octanol–water partition coefficient (Wildman–Crippen LogP) is 4.11. The van der Waals surface area contributed by atoms with E-state index in [4.69, 9.17) is 9.15 Å². The van der Waals surface area contributed by atoms with Crippen molar-refractivity contribution in [1.29, 1.82) is 0 Å². The van der Waals surface area contributed by atoms with Crippen LogP contribution >= 0.6 is 0 Å². The fourth-order valence-corrected chi connectivity index (χ4v) is 3.06. The minimum Gasteiger partial charge on any atom is -0.496 e. The van der Waals surface area contributed by atoms with E-state index >= 15 is 0 Å². The van der Waals surface area contributed by atoms with Crippen molar-refractivity contribution in [3.63, 3.8) is 0 Å². The standard InChI is InChI=1S/C20H21NO4/c1-11-5-6-12(2)18-17(11)13(3)19(25-18)20(23)21-15-7-8-16(24-4)14(9-15)10-22/h5-9,22H,10H2,1-4H3,(H,21,23). The topological polar surface area (TPSA) is 71.7 Å². The number of aliphatic hydroxyl groups is 1. The van der Waals surface area contributed by atoms with E-state index in [1.165, 1.54) is 7.11 Å². The van der Waals surface area contributed by atoms with Gasteiger partial charge in [0.25, 0.3) is 5.91 Å². The number of furan rings is 1. The summed E-state index contributed by atoms with van der Waals surface area (Å²) < 4.78 is 11.0. The Kier molecular flexibility index (Phi) is 4.51. The number of hydrogen-bond acceptors (Lipinski definition) is 4. The van der Waals surface area contributed by atoms with Crippen LogP contribution < -0.4 is 10.1 Å². The average molecular weight is 339 g/mol. The molecule has 3 aromatic rings. The predicted molar refractivity (Wildman–Crippen MR) is 97.3 cm³/mol. The van der Waals surface area contributed by atoms with E-state index in [2.05, 4.69) is 5.32 Å². The van der Waals surface area contributed by atoms with Crippen molar-refractivity contribution in [2.75, 3.05) is 12.4 Å². The van der Waals surface area contributed by atoms with Crippen LogP contribution in [0.25, 0.3) is 11.0 Å². The lowest BCUT2D eigenvalue weighted by Crippen LogP contribution is -2.12. The van der Waals surface area contributed by atoms with Crippen LogP contribution in [-0.2, 0) is 6.61 Å². The van der Waals surface area contributed by atoms with Gasteiger partial charge in [-0.3, -0.25) is 4.79 Å². The molecule has 0 unspecified atom stereocenters. The normalized spacial score (nSPS) is 10.9. The lowest BCUT2D eigenvalue weighted by Gasteiger charge is -2.09. The summed E-state index contributed by atoms with van der Waals surface area (Å²) in [5.74, 6) is 0.557. The van der Waals surface area contributed by atoms with Gasteiger partial charge in [0.05, 0.1) is 13.7 Å². The van der Waals surface area contributed by atoms with Crippen LogP contribution in [0.1, 0.15) is 32.8 Å². The molecule has 130 valence electrons. The number of carbonyl (C=O) groups excluding carboxylic acids is 1. The molecule has 0 bridgehead atoms. The molecule has 2 N–H and O–H groups in total. The number of aliphatic hydroxyl groups excluding tert-OH is 1. The third-order valence-electron chi connectivity index (χ3n) is 4.40. The Morgan fingerprint density at radius 1 is 1.16 bits per heavy atom. The largest absolute Gasteiger partial charge is 0.496 e. The fraction of sp³-hybridized carbons (Fsp3) is 0.250. The molecule has 0 saturated heterocycles. The van der Waals surface area contributed by atoms with E-state index in [1.807, 2.05) is 32.9 Å². The summed E-state index contributed by atoms with van der Waals surface area (Å²) in [4.78, 5) is 12.7. The van der Waals surface area contributed by atoms with E-state index < -0.39 is 0 Å². The first kappa shape index (κ1) is 17.0. The maximum absolute atomic E-state index is 12.7. The molecule has 0 spiro atoms. The molecule has 0 aliphatic heterocycles. The van der Waals surface area contributed by atoms with E-state index in [0.717, 1.165) is 27.7 Å². The number of carbonyl (C=O) groups is 1. The first-order chi connectivity index (χ1) is 12.0. The van der Waals surface area contributed by atoms with E-state index in [1.54, 1.807) is 18.2 Å². The number of rotatable bonds is 4. The van der Waals surface area contributed by atoms with E-state index in [9.17, 15) is 9.90 Å². The molecule has 5 heteroatoms. The zero-order chi connectivity index (χ0) is 18.1. The number of anilines is 1. The molecule has 0 saturated carbocycles. The maximum Gasteiger partial charge on any atom is 0.291 e. The van der Waals surface area contributed by atoms with Gasteiger partial charge in [0, 0.05) is 22.2 Å². The lowest BCUT2D eigenvalue weighted by atomic mass is 10.0. The number of hydrogen-bond donors (Lipinski definition) is 2. The second-order valence-corrected chi connectivity index (χ2v) is 6.10. The van der Waals surface area contributed by atoms with Gasteiger partial charge in [0.15, 0.2) is 5.76 Å². The third-order valence-corrected chi connectivity index (χ3v) is 4.40. The minimum atomic E-state index is -0.318. The van der Waals surface area contributed by atoms with Crippen molar-refractivity contribution in [3.05, 3.63) is 58.3 Å². The molecule has 1 aromatic heterocycles. The number of aryl methyl sites for hydroxylation is 3. The third kappa shape index (κ3) is 2.98. The van der Waals surface area contributed by atoms with Gasteiger partial charge in [-0.1, -0.05) is 12.1 Å². The van der Waals surface area contributed by atoms with Gasteiger partial charge in [0.1, 0.15) is 11.3 Å².